The highest BCUT2D eigenvalue weighted by Gasteiger charge is 2.19. The largest absolute Gasteiger partial charge is 0.364 e. The standard InChI is InChI=1S/C17H21BrN2/c1-13-10-12-19-16(15(13)18)20-17(2,3)11-9-14-7-5-4-6-8-14/h4-8,10,12H,9,11H2,1-3H3,(H,19,20). The highest BCUT2D eigenvalue weighted by Crippen LogP contribution is 2.27. The third-order valence-electron chi connectivity index (χ3n) is 3.42. The van der Waals surface area contributed by atoms with Crippen LogP contribution in [0.3, 0.4) is 0 Å². The highest BCUT2D eigenvalue weighted by atomic mass is 79.9. The van der Waals surface area contributed by atoms with Gasteiger partial charge in [-0.1, -0.05) is 30.3 Å². The molecule has 0 saturated carbocycles. The Bertz CT molecular complexity index is 564. The van der Waals surface area contributed by atoms with Gasteiger partial charge in [0.05, 0.1) is 4.47 Å². The quantitative estimate of drug-likeness (QED) is 0.835. The zero-order valence-corrected chi connectivity index (χ0v) is 13.9. The van der Waals surface area contributed by atoms with Gasteiger partial charge in [0.1, 0.15) is 5.82 Å². The zero-order chi connectivity index (χ0) is 14.6. The van der Waals surface area contributed by atoms with Crippen molar-refractivity contribution in [2.24, 2.45) is 0 Å². The number of hydrogen-bond donors (Lipinski definition) is 1. The van der Waals surface area contributed by atoms with Gasteiger partial charge in [0, 0.05) is 11.7 Å². The first-order valence-corrected chi connectivity index (χ1v) is 7.70. The Hall–Kier alpha value is -1.35. The van der Waals surface area contributed by atoms with Crippen molar-refractivity contribution >= 4 is 21.7 Å². The third kappa shape index (κ3) is 4.07. The molecule has 0 saturated heterocycles. The van der Waals surface area contributed by atoms with Crippen LogP contribution in [0.15, 0.2) is 47.1 Å². The monoisotopic (exact) mass is 332 g/mol. The number of benzene rings is 1. The molecule has 2 aromatic rings. The summed E-state index contributed by atoms with van der Waals surface area (Å²) in [7, 11) is 0. The first-order valence-electron chi connectivity index (χ1n) is 6.91. The zero-order valence-electron chi connectivity index (χ0n) is 12.3. The van der Waals surface area contributed by atoms with E-state index in [0.29, 0.717) is 0 Å². The van der Waals surface area contributed by atoms with Crippen LogP contribution < -0.4 is 5.32 Å². The molecule has 0 aliphatic carbocycles. The summed E-state index contributed by atoms with van der Waals surface area (Å²) in [6, 6.07) is 12.6. The maximum Gasteiger partial charge on any atom is 0.140 e. The molecule has 0 fully saturated rings. The fourth-order valence-electron chi connectivity index (χ4n) is 2.11. The first kappa shape index (κ1) is 15.0. The summed E-state index contributed by atoms with van der Waals surface area (Å²) < 4.78 is 1.05. The van der Waals surface area contributed by atoms with E-state index in [-0.39, 0.29) is 5.54 Å². The number of hydrogen-bond acceptors (Lipinski definition) is 2. The normalized spacial score (nSPS) is 11.4. The lowest BCUT2D eigenvalue weighted by atomic mass is 9.95. The second-order valence-corrected chi connectivity index (χ2v) is 6.58. The molecule has 0 bridgehead atoms. The number of pyridine rings is 1. The Labute approximate surface area is 129 Å². The van der Waals surface area contributed by atoms with Crippen LogP contribution in [0.2, 0.25) is 0 Å². The number of rotatable bonds is 5. The van der Waals surface area contributed by atoms with Gasteiger partial charge in [0.15, 0.2) is 0 Å². The van der Waals surface area contributed by atoms with Crippen molar-refractivity contribution in [1.82, 2.24) is 4.98 Å². The van der Waals surface area contributed by atoms with Gasteiger partial charge in [0.25, 0.3) is 0 Å². The van der Waals surface area contributed by atoms with Gasteiger partial charge in [-0.15, -0.1) is 0 Å². The summed E-state index contributed by atoms with van der Waals surface area (Å²) in [5.74, 6) is 0.920. The molecule has 2 nitrogen and oxygen atoms in total. The van der Waals surface area contributed by atoms with Crippen molar-refractivity contribution < 1.29 is 0 Å². The Morgan fingerprint density at radius 2 is 1.85 bits per heavy atom. The van der Waals surface area contributed by atoms with E-state index in [1.807, 2.05) is 12.3 Å². The SMILES string of the molecule is Cc1ccnc(NC(C)(C)CCc2ccccc2)c1Br. The smallest absolute Gasteiger partial charge is 0.140 e. The molecule has 106 valence electrons. The number of aromatic nitrogens is 1. The number of nitrogens with one attached hydrogen (secondary N) is 1. The van der Waals surface area contributed by atoms with Crippen LogP contribution in [0.5, 0.6) is 0 Å². The molecule has 1 aromatic heterocycles. The van der Waals surface area contributed by atoms with Crippen molar-refractivity contribution in [3.05, 3.63) is 58.2 Å². The molecule has 1 heterocycles. The van der Waals surface area contributed by atoms with E-state index < -0.39 is 0 Å². The van der Waals surface area contributed by atoms with Gasteiger partial charge < -0.3 is 5.32 Å². The average Bonchev–Trinajstić information content (AvgIpc) is 2.43. The molecule has 0 radical (unpaired) electrons. The summed E-state index contributed by atoms with van der Waals surface area (Å²) in [5.41, 5.74) is 2.57. The van der Waals surface area contributed by atoms with Gasteiger partial charge in [-0.25, -0.2) is 4.98 Å². The molecule has 20 heavy (non-hydrogen) atoms. The molecular weight excluding hydrogens is 312 g/mol. The predicted octanol–water partition coefficient (Wildman–Crippen LogP) is 4.98. The lowest BCUT2D eigenvalue weighted by Crippen LogP contribution is -2.32. The van der Waals surface area contributed by atoms with Crippen LogP contribution in [-0.2, 0) is 6.42 Å². The van der Waals surface area contributed by atoms with Crippen LogP contribution in [0, 0.1) is 6.92 Å². The molecule has 0 aliphatic rings. The fraction of sp³-hybridized carbons (Fsp3) is 0.353. The summed E-state index contributed by atoms with van der Waals surface area (Å²) in [5, 5.41) is 3.54. The number of nitrogens with zero attached hydrogens (tertiary/aromatic N) is 1. The van der Waals surface area contributed by atoms with E-state index in [1.165, 1.54) is 11.1 Å². The lowest BCUT2D eigenvalue weighted by molar-refractivity contribution is 0.516. The molecule has 0 aliphatic heterocycles. The predicted molar refractivity (Wildman–Crippen MR) is 89.1 cm³/mol. The lowest BCUT2D eigenvalue weighted by Gasteiger charge is -2.28. The van der Waals surface area contributed by atoms with Gasteiger partial charge in [-0.05, 0) is 66.7 Å². The van der Waals surface area contributed by atoms with E-state index >= 15 is 0 Å². The Morgan fingerprint density at radius 3 is 2.55 bits per heavy atom. The molecule has 1 aromatic carbocycles. The molecule has 0 spiro atoms. The maximum atomic E-state index is 4.42. The molecule has 1 N–H and O–H groups in total. The van der Waals surface area contributed by atoms with Crippen LogP contribution in [0.4, 0.5) is 5.82 Å². The minimum Gasteiger partial charge on any atom is -0.364 e. The topological polar surface area (TPSA) is 24.9 Å². The van der Waals surface area contributed by atoms with Crippen LogP contribution >= 0.6 is 15.9 Å². The molecule has 3 heteroatoms. The summed E-state index contributed by atoms with van der Waals surface area (Å²) >= 11 is 3.60. The van der Waals surface area contributed by atoms with Crippen LogP contribution in [-0.4, -0.2) is 10.5 Å². The molecule has 0 amide bonds. The fourth-order valence-corrected chi connectivity index (χ4v) is 2.45. The van der Waals surface area contributed by atoms with Gasteiger partial charge >= 0.3 is 0 Å². The van der Waals surface area contributed by atoms with E-state index in [1.54, 1.807) is 0 Å². The second kappa shape index (κ2) is 6.40. The minimum absolute atomic E-state index is 0.000839. The Balaban J connectivity index is 2.02. The molecule has 0 unspecified atom stereocenters. The van der Waals surface area contributed by atoms with Gasteiger partial charge in [-0.3, -0.25) is 0 Å². The van der Waals surface area contributed by atoms with Gasteiger partial charge in [-0.2, -0.15) is 0 Å². The average molecular weight is 333 g/mol. The molecule has 0 atom stereocenters. The number of anilines is 1. The van der Waals surface area contributed by atoms with E-state index in [9.17, 15) is 0 Å². The van der Waals surface area contributed by atoms with E-state index in [4.69, 9.17) is 0 Å². The van der Waals surface area contributed by atoms with Crippen molar-refractivity contribution in [3.63, 3.8) is 0 Å². The summed E-state index contributed by atoms with van der Waals surface area (Å²) in [4.78, 5) is 4.42. The number of aryl methyl sites for hydroxylation is 2. The minimum atomic E-state index is -0.000839. The van der Waals surface area contributed by atoms with Crippen molar-refractivity contribution in [3.8, 4) is 0 Å². The Morgan fingerprint density at radius 1 is 1.15 bits per heavy atom. The third-order valence-corrected chi connectivity index (χ3v) is 4.42. The van der Waals surface area contributed by atoms with Crippen LogP contribution in [0.25, 0.3) is 0 Å². The van der Waals surface area contributed by atoms with E-state index in [0.717, 1.165) is 23.1 Å². The van der Waals surface area contributed by atoms with Crippen molar-refractivity contribution in [1.29, 1.82) is 0 Å². The van der Waals surface area contributed by atoms with Crippen LogP contribution in [0.1, 0.15) is 31.4 Å². The van der Waals surface area contributed by atoms with Gasteiger partial charge in [0.2, 0.25) is 0 Å². The maximum absolute atomic E-state index is 4.42. The highest BCUT2D eigenvalue weighted by molar-refractivity contribution is 9.10. The van der Waals surface area contributed by atoms with Crippen molar-refractivity contribution in [2.75, 3.05) is 5.32 Å². The number of halogens is 1. The van der Waals surface area contributed by atoms with Crippen molar-refractivity contribution in [2.45, 2.75) is 39.2 Å². The second-order valence-electron chi connectivity index (χ2n) is 5.78. The molecule has 2 rings (SSSR count). The summed E-state index contributed by atoms with van der Waals surface area (Å²) in [6.45, 7) is 6.51. The summed E-state index contributed by atoms with van der Waals surface area (Å²) in [6.07, 6.45) is 3.96. The first-order chi connectivity index (χ1) is 9.48. The Kier molecular flexibility index (Phi) is 4.81. The molecular formula is C17H21BrN2. The van der Waals surface area contributed by atoms with E-state index in [2.05, 4.69) is 77.3 Å².